The molecule has 1 aromatic rings. The molecule has 0 aliphatic heterocycles. The fourth-order valence-electron chi connectivity index (χ4n) is 1.51. The van der Waals surface area contributed by atoms with Crippen molar-refractivity contribution in [1.82, 2.24) is 0 Å². The third kappa shape index (κ3) is 4.12. The molecule has 3 nitrogen and oxygen atoms in total. The van der Waals surface area contributed by atoms with Crippen molar-refractivity contribution in [3.8, 4) is 0 Å². The first-order chi connectivity index (χ1) is 8.91. The van der Waals surface area contributed by atoms with Gasteiger partial charge in [0.2, 0.25) is 0 Å². The van der Waals surface area contributed by atoms with Crippen LogP contribution >= 0.6 is 0 Å². The van der Waals surface area contributed by atoms with Gasteiger partial charge in [-0.2, -0.15) is 26.3 Å². The molecule has 0 amide bonds. The molecule has 1 rings (SSSR count). The van der Waals surface area contributed by atoms with Gasteiger partial charge >= 0.3 is 12.4 Å². The number of hydrogen-bond donors (Lipinski definition) is 1. The summed E-state index contributed by atoms with van der Waals surface area (Å²) in [5.41, 5.74) is -0.313. The fourth-order valence-corrected chi connectivity index (χ4v) is 1.51. The van der Waals surface area contributed by atoms with Gasteiger partial charge in [-0.05, 0) is 23.8 Å². The van der Waals surface area contributed by atoms with Gasteiger partial charge in [-0.3, -0.25) is 0 Å². The Bertz CT molecular complexity index is 476. The standard InChI is InChI=1S/C11H9F6NO2/c12-10(13,14)6-1-5(3-8(18)9(19)20)2-7(4-6)11(15,16)17/h1-2,4,8H,3,18H2,(H,19,20)/t8-/m1/s1. The number of benzene rings is 1. The Kier molecular flexibility index (Phi) is 4.33. The minimum absolute atomic E-state index is 0.0272. The molecule has 0 aliphatic carbocycles. The Balaban J connectivity index is 3.28. The second kappa shape index (κ2) is 5.31. The topological polar surface area (TPSA) is 67.8 Å². The van der Waals surface area contributed by atoms with Gasteiger partial charge in [0.15, 0.2) is 0 Å². The number of halogens is 6. The zero-order valence-electron chi connectivity index (χ0n) is 9.81. The number of hydrogen-bond acceptors (Lipinski definition) is 2. The molecule has 0 unspecified atom stereocenters. The Morgan fingerprint density at radius 1 is 1.05 bits per heavy atom. The van der Waals surface area contributed by atoms with Gasteiger partial charge < -0.3 is 15.6 Å². The van der Waals surface area contributed by atoms with Gasteiger partial charge in [-0.25, -0.2) is 0 Å². The van der Waals surface area contributed by atoms with Crippen molar-refractivity contribution in [2.24, 2.45) is 0 Å². The lowest BCUT2D eigenvalue weighted by Crippen LogP contribution is -2.69. The highest BCUT2D eigenvalue weighted by atomic mass is 19.4. The molecule has 1 aromatic carbocycles. The second-order valence-electron chi connectivity index (χ2n) is 4.13. The van der Waals surface area contributed by atoms with E-state index >= 15 is 0 Å². The number of carboxylic acid groups (broad SMARTS) is 1. The molecule has 0 saturated heterocycles. The van der Waals surface area contributed by atoms with Crippen molar-refractivity contribution in [1.29, 1.82) is 0 Å². The fraction of sp³-hybridized carbons (Fsp3) is 0.364. The average molecular weight is 301 g/mol. The molecule has 3 N–H and O–H groups in total. The molecule has 0 fully saturated rings. The maximum Gasteiger partial charge on any atom is 0.416 e. The summed E-state index contributed by atoms with van der Waals surface area (Å²) in [6.07, 6.45) is -10.5. The summed E-state index contributed by atoms with van der Waals surface area (Å²) < 4.78 is 75.1. The van der Waals surface area contributed by atoms with E-state index in [9.17, 15) is 36.2 Å². The van der Waals surface area contributed by atoms with Crippen LogP contribution in [0.1, 0.15) is 16.7 Å². The van der Waals surface area contributed by atoms with E-state index in [4.69, 9.17) is 0 Å². The molecule has 0 aromatic heterocycles. The monoisotopic (exact) mass is 301 g/mol. The zero-order valence-corrected chi connectivity index (χ0v) is 9.81. The Morgan fingerprint density at radius 3 is 1.75 bits per heavy atom. The van der Waals surface area contributed by atoms with Gasteiger partial charge in [-0.15, -0.1) is 0 Å². The van der Waals surface area contributed by atoms with E-state index in [0.717, 1.165) is 0 Å². The number of quaternary nitrogens is 1. The highest BCUT2D eigenvalue weighted by Crippen LogP contribution is 2.36. The van der Waals surface area contributed by atoms with E-state index in [2.05, 4.69) is 5.73 Å². The number of rotatable bonds is 3. The minimum atomic E-state index is -4.96. The summed E-state index contributed by atoms with van der Waals surface area (Å²) in [6, 6.07) is -0.535. The molecule has 0 bridgehead atoms. The van der Waals surface area contributed by atoms with Crippen molar-refractivity contribution < 1.29 is 42.0 Å². The minimum Gasteiger partial charge on any atom is -0.544 e. The van der Waals surface area contributed by atoms with Crippen LogP contribution in [-0.2, 0) is 23.6 Å². The molecule has 20 heavy (non-hydrogen) atoms. The van der Waals surface area contributed by atoms with E-state index in [0.29, 0.717) is 12.1 Å². The number of carbonyl (C=O) groups is 1. The van der Waals surface area contributed by atoms with Gasteiger partial charge in [0.25, 0.3) is 0 Å². The van der Waals surface area contributed by atoms with Crippen LogP contribution < -0.4 is 10.8 Å². The van der Waals surface area contributed by atoms with E-state index in [1.165, 1.54) is 0 Å². The quantitative estimate of drug-likeness (QED) is 0.832. The van der Waals surface area contributed by atoms with Gasteiger partial charge in [0, 0.05) is 6.42 Å². The summed E-state index contributed by atoms with van der Waals surface area (Å²) in [7, 11) is 0. The van der Waals surface area contributed by atoms with E-state index < -0.39 is 47.5 Å². The predicted molar refractivity (Wildman–Crippen MR) is 51.8 cm³/mol. The van der Waals surface area contributed by atoms with E-state index in [1.807, 2.05) is 0 Å². The molecule has 1 atom stereocenters. The smallest absolute Gasteiger partial charge is 0.416 e. The van der Waals surface area contributed by atoms with Crippen LogP contribution in [-0.4, -0.2) is 12.0 Å². The second-order valence-corrected chi connectivity index (χ2v) is 4.13. The molecule has 9 heteroatoms. The first-order valence-corrected chi connectivity index (χ1v) is 5.23. The van der Waals surface area contributed by atoms with Crippen LogP contribution in [0.4, 0.5) is 26.3 Å². The lowest BCUT2D eigenvalue weighted by Gasteiger charge is -2.15. The third-order valence-electron chi connectivity index (χ3n) is 2.46. The summed E-state index contributed by atoms with van der Waals surface area (Å²) in [6.45, 7) is 0. The summed E-state index contributed by atoms with van der Waals surface area (Å²) in [4.78, 5) is 10.4. The zero-order chi connectivity index (χ0) is 15.7. The summed E-state index contributed by atoms with van der Waals surface area (Å²) in [5.74, 6) is -1.66. The number of carboxylic acids is 1. The summed E-state index contributed by atoms with van der Waals surface area (Å²) in [5, 5.41) is 10.4. The van der Waals surface area contributed by atoms with Crippen molar-refractivity contribution in [2.45, 2.75) is 24.8 Å². The summed E-state index contributed by atoms with van der Waals surface area (Å²) >= 11 is 0. The van der Waals surface area contributed by atoms with E-state index in [-0.39, 0.29) is 6.07 Å². The molecule has 0 spiro atoms. The van der Waals surface area contributed by atoms with Crippen LogP contribution in [0.5, 0.6) is 0 Å². The van der Waals surface area contributed by atoms with Gasteiger partial charge in [0.05, 0.1) is 17.1 Å². The molecule has 0 aliphatic rings. The molecule has 0 saturated carbocycles. The van der Waals surface area contributed by atoms with Crippen LogP contribution in [0.3, 0.4) is 0 Å². The van der Waals surface area contributed by atoms with Gasteiger partial charge in [0.1, 0.15) is 6.04 Å². The Morgan fingerprint density at radius 2 is 1.45 bits per heavy atom. The number of carbonyl (C=O) groups excluding carboxylic acids is 1. The highest BCUT2D eigenvalue weighted by Gasteiger charge is 2.37. The van der Waals surface area contributed by atoms with Crippen LogP contribution in [0.2, 0.25) is 0 Å². The molecule has 112 valence electrons. The maximum atomic E-state index is 12.5. The van der Waals surface area contributed by atoms with Crippen LogP contribution in [0.15, 0.2) is 18.2 Å². The highest BCUT2D eigenvalue weighted by molar-refractivity contribution is 5.69. The third-order valence-corrected chi connectivity index (χ3v) is 2.46. The molecular weight excluding hydrogens is 292 g/mol. The largest absolute Gasteiger partial charge is 0.544 e. The average Bonchev–Trinajstić information content (AvgIpc) is 2.26. The SMILES string of the molecule is [NH3+][C@H](Cc1cc(C(F)(F)F)cc(C(F)(F)F)c1)C(=O)[O-]. The molecule has 0 radical (unpaired) electrons. The van der Waals surface area contributed by atoms with Crippen molar-refractivity contribution in [3.63, 3.8) is 0 Å². The van der Waals surface area contributed by atoms with E-state index in [1.54, 1.807) is 0 Å². The first-order valence-electron chi connectivity index (χ1n) is 5.23. The maximum absolute atomic E-state index is 12.5. The number of alkyl halides is 6. The Labute approximate surface area is 109 Å². The lowest BCUT2D eigenvalue weighted by atomic mass is 10.00. The molecule has 0 heterocycles. The van der Waals surface area contributed by atoms with Crippen molar-refractivity contribution >= 4 is 5.97 Å². The predicted octanol–water partition coefficient (Wildman–Crippen LogP) is 0.627. The molecular formula is C11H9F6NO2. The first kappa shape index (κ1) is 16.3. The van der Waals surface area contributed by atoms with Crippen molar-refractivity contribution in [2.75, 3.05) is 0 Å². The Hall–Kier alpha value is -1.77. The number of aliphatic carboxylic acids is 1. The van der Waals surface area contributed by atoms with Crippen LogP contribution in [0, 0.1) is 0 Å². The van der Waals surface area contributed by atoms with Crippen molar-refractivity contribution in [3.05, 3.63) is 34.9 Å². The van der Waals surface area contributed by atoms with Gasteiger partial charge in [-0.1, -0.05) is 0 Å². The normalized spacial score (nSPS) is 14.2. The lowest BCUT2D eigenvalue weighted by molar-refractivity contribution is -0.437. The van der Waals surface area contributed by atoms with Crippen LogP contribution in [0.25, 0.3) is 0 Å².